The van der Waals surface area contributed by atoms with E-state index in [4.69, 9.17) is 4.74 Å². The van der Waals surface area contributed by atoms with Crippen molar-refractivity contribution in [1.29, 1.82) is 0 Å². The molecule has 25 heavy (non-hydrogen) atoms. The van der Waals surface area contributed by atoms with Crippen LogP contribution < -0.4 is 10.6 Å². The van der Waals surface area contributed by atoms with Crippen LogP contribution in [0.1, 0.15) is 26.1 Å². The van der Waals surface area contributed by atoms with E-state index < -0.39 is 0 Å². The molecule has 0 fully saturated rings. The van der Waals surface area contributed by atoms with Gasteiger partial charge < -0.3 is 19.9 Å². The number of benzene rings is 1. The number of ether oxygens (including phenoxy) is 1. The molecular formula is C18H30IN5O. The molecular weight excluding hydrogens is 429 g/mol. The topological polar surface area (TPSA) is 63.5 Å². The Balaban J connectivity index is 0.00000312. The van der Waals surface area contributed by atoms with Crippen LogP contribution in [0.4, 0.5) is 0 Å². The van der Waals surface area contributed by atoms with Gasteiger partial charge in [-0.1, -0.05) is 26.0 Å². The van der Waals surface area contributed by atoms with Crippen LogP contribution in [0, 0.1) is 5.92 Å². The first-order chi connectivity index (χ1) is 11.6. The molecule has 2 N–H and O–H groups in total. The zero-order valence-corrected chi connectivity index (χ0v) is 17.9. The van der Waals surface area contributed by atoms with Crippen LogP contribution in [0.2, 0.25) is 0 Å². The number of fused-ring (bicyclic) bond motifs is 1. The highest BCUT2D eigenvalue weighted by Gasteiger charge is 2.07. The summed E-state index contributed by atoms with van der Waals surface area (Å²) >= 11 is 0. The number of hydrogen-bond acceptors (Lipinski definition) is 3. The van der Waals surface area contributed by atoms with Gasteiger partial charge in [0.1, 0.15) is 5.82 Å². The predicted octanol–water partition coefficient (Wildman–Crippen LogP) is 2.92. The molecule has 0 radical (unpaired) electrons. The number of aromatic nitrogens is 2. The molecule has 6 nitrogen and oxygen atoms in total. The van der Waals surface area contributed by atoms with E-state index in [1.54, 1.807) is 7.05 Å². The van der Waals surface area contributed by atoms with Crippen molar-refractivity contribution in [3.63, 3.8) is 0 Å². The van der Waals surface area contributed by atoms with Crippen molar-refractivity contribution in [3.05, 3.63) is 30.1 Å². The van der Waals surface area contributed by atoms with E-state index in [0.29, 0.717) is 12.5 Å². The molecule has 0 aliphatic heterocycles. The first kappa shape index (κ1) is 21.7. The van der Waals surface area contributed by atoms with Gasteiger partial charge in [0.15, 0.2) is 5.96 Å². The Morgan fingerprint density at radius 3 is 2.72 bits per heavy atom. The first-order valence-corrected chi connectivity index (χ1v) is 8.54. The lowest BCUT2D eigenvalue weighted by Gasteiger charge is -2.12. The second-order valence-electron chi connectivity index (χ2n) is 6.25. The Labute approximate surface area is 167 Å². The van der Waals surface area contributed by atoms with Gasteiger partial charge in [-0.2, -0.15) is 0 Å². The Hall–Kier alpha value is -1.35. The molecule has 1 heterocycles. The lowest BCUT2D eigenvalue weighted by atomic mass is 10.2. The summed E-state index contributed by atoms with van der Waals surface area (Å²) in [6, 6.07) is 8.15. The molecule has 0 amide bonds. The molecule has 1 aromatic heterocycles. The maximum Gasteiger partial charge on any atom is 0.191 e. The van der Waals surface area contributed by atoms with E-state index in [9.17, 15) is 0 Å². The van der Waals surface area contributed by atoms with E-state index in [1.807, 2.05) is 25.2 Å². The Morgan fingerprint density at radius 1 is 1.28 bits per heavy atom. The highest BCUT2D eigenvalue weighted by molar-refractivity contribution is 14.0. The van der Waals surface area contributed by atoms with Crippen molar-refractivity contribution in [3.8, 4) is 0 Å². The molecule has 0 aliphatic carbocycles. The molecule has 1 aromatic carbocycles. The highest BCUT2D eigenvalue weighted by Crippen LogP contribution is 2.13. The minimum atomic E-state index is 0. The number of imidazole rings is 1. The van der Waals surface area contributed by atoms with Crippen molar-refractivity contribution in [2.75, 3.05) is 26.8 Å². The standard InChI is InChI=1S/C18H29N5O.HI/c1-14(2)13-24-11-7-10-20-18(19-3)21-12-17-22-15-8-5-6-9-16(15)23(17)4;/h5-6,8-9,14H,7,10-13H2,1-4H3,(H2,19,20,21);1H. The summed E-state index contributed by atoms with van der Waals surface area (Å²) in [5.74, 6) is 2.35. The third-order valence-corrected chi connectivity index (χ3v) is 3.73. The molecule has 140 valence electrons. The summed E-state index contributed by atoms with van der Waals surface area (Å²) in [5.41, 5.74) is 2.15. The SMILES string of the molecule is CN=C(NCCCOCC(C)C)NCc1nc2ccccc2n1C.I. The van der Waals surface area contributed by atoms with Gasteiger partial charge in [-0.25, -0.2) is 4.98 Å². The number of guanidine groups is 1. The van der Waals surface area contributed by atoms with Crippen LogP contribution in [-0.4, -0.2) is 42.3 Å². The molecule has 0 bridgehead atoms. The smallest absolute Gasteiger partial charge is 0.191 e. The third kappa shape index (κ3) is 6.81. The number of hydrogen-bond donors (Lipinski definition) is 2. The summed E-state index contributed by atoms with van der Waals surface area (Å²) in [7, 11) is 3.81. The third-order valence-electron chi connectivity index (χ3n) is 3.73. The molecule has 0 unspecified atom stereocenters. The minimum absolute atomic E-state index is 0. The molecule has 0 saturated carbocycles. The van der Waals surface area contributed by atoms with Crippen LogP contribution in [-0.2, 0) is 18.3 Å². The molecule has 2 rings (SSSR count). The monoisotopic (exact) mass is 459 g/mol. The quantitative estimate of drug-likeness (QED) is 0.276. The van der Waals surface area contributed by atoms with Gasteiger partial charge in [0.25, 0.3) is 0 Å². The van der Waals surface area contributed by atoms with Crippen molar-refractivity contribution in [2.45, 2.75) is 26.8 Å². The second kappa shape index (κ2) is 11.3. The summed E-state index contributed by atoms with van der Waals surface area (Å²) in [5, 5.41) is 6.61. The van der Waals surface area contributed by atoms with Gasteiger partial charge in [0.2, 0.25) is 0 Å². The van der Waals surface area contributed by atoms with E-state index in [0.717, 1.165) is 49.0 Å². The minimum Gasteiger partial charge on any atom is -0.381 e. The molecule has 0 atom stereocenters. The lowest BCUT2D eigenvalue weighted by molar-refractivity contribution is 0.108. The van der Waals surface area contributed by atoms with Gasteiger partial charge in [-0.05, 0) is 24.5 Å². The molecule has 0 aliphatic rings. The Morgan fingerprint density at radius 2 is 2.04 bits per heavy atom. The molecule has 0 saturated heterocycles. The van der Waals surface area contributed by atoms with Crippen LogP contribution in [0.5, 0.6) is 0 Å². The van der Waals surface area contributed by atoms with Gasteiger partial charge in [-0.3, -0.25) is 4.99 Å². The average molecular weight is 459 g/mol. The number of para-hydroxylation sites is 2. The predicted molar refractivity (Wildman–Crippen MR) is 115 cm³/mol. The highest BCUT2D eigenvalue weighted by atomic mass is 127. The molecule has 0 spiro atoms. The number of aliphatic imine (C=N–C) groups is 1. The fourth-order valence-corrected chi connectivity index (χ4v) is 2.44. The Bertz CT molecular complexity index is 669. The van der Waals surface area contributed by atoms with Crippen LogP contribution in [0.3, 0.4) is 0 Å². The van der Waals surface area contributed by atoms with E-state index in [2.05, 4.69) is 45.1 Å². The maximum atomic E-state index is 5.58. The molecule has 7 heteroatoms. The zero-order valence-electron chi connectivity index (χ0n) is 15.6. The number of rotatable bonds is 8. The number of nitrogens with one attached hydrogen (secondary N) is 2. The summed E-state index contributed by atoms with van der Waals surface area (Å²) in [6.45, 7) is 7.37. The lowest BCUT2D eigenvalue weighted by Crippen LogP contribution is -2.38. The number of nitrogens with zero attached hydrogens (tertiary/aromatic N) is 3. The number of aryl methyl sites for hydroxylation is 1. The van der Waals surface area contributed by atoms with E-state index >= 15 is 0 Å². The molecule has 2 aromatic rings. The van der Waals surface area contributed by atoms with Crippen LogP contribution >= 0.6 is 24.0 Å². The van der Waals surface area contributed by atoms with E-state index in [-0.39, 0.29) is 24.0 Å². The zero-order chi connectivity index (χ0) is 17.4. The van der Waals surface area contributed by atoms with Crippen LogP contribution in [0.15, 0.2) is 29.3 Å². The van der Waals surface area contributed by atoms with Gasteiger partial charge >= 0.3 is 0 Å². The average Bonchev–Trinajstić information content (AvgIpc) is 2.90. The number of halogens is 1. The van der Waals surface area contributed by atoms with Crippen molar-refractivity contribution in [1.82, 2.24) is 20.2 Å². The maximum absolute atomic E-state index is 5.58. The van der Waals surface area contributed by atoms with Crippen LogP contribution in [0.25, 0.3) is 11.0 Å². The fraction of sp³-hybridized carbons (Fsp3) is 0.556. The Kier molecular flexibility index (Phi) is 9.81. The summed E-state index contributed by atoms with van der Waals surface area (Å²) in [6.07, 6.45) is 0.958. The normalized spacial score (nSPS) is 11.6. The fourth-order valence-electron chi connectivity index (χ4n) is 2.44. The second-order valence-corrected chi connectivity index (χ2v) is 6.25. The van der Waals surface area contributed by atoms with Crippen molar-refractivity contribution < 1.29 is 4.74 Å². The largest absolute Gasteiger partial charge is 0.381 e. The van der Waals surface area contributed by atoms with E-state index in [1.165, 1.54) is 0 Å². The van der Waals surface area contributed by atoms with Crippen molar-refractivity contribution >= 4 is 41.0 Å². The van der Waals surface area contributed by atoms with Crippen molar-refractivity contribution in [2.24, 2.45) is 18.0 Å². The first-order valence-electron chi connectivity index (χ1n) is 8.54. The summed E-state index contributed by atoms with van der Waals surface area (Å²) in [4.78, 5) is 8.90. The van der Waals surface area contributed by atoms with Gasteiger partial charge in [0.05, 0.1) is 17.6 Å². The van der Waals surface area contributed by atoms with Gasteiger partial charge in [-0.15, -0.1) is 24.0 Å². The van der Waals surface area contributed by atoms with Gasteiger partial charge in [0, 0.05) is 33.9 Å². The summed E-state index contributed by atoms with van der Waals surface area (Å²) < 4.78 is 7.68.